The SMILES string of the molecule is CCNS(=O)(=O)c1cc(Nc2ncc[nH]2)ccc1-c1cnc(C2CCC(/C=N\C(=O)OC3CC3)CC2)s1. The van der Waals surface area contributed by atoms with Crippen LogP contribution in [0.25, 0.3) is 10.4 Å². The van der Waals surface area contributed by atoms with Gasteiger partial charge in [-0.05, 0) is 56.6 Å². The summed E-state index contributed by atoms with van der Waals surface area (Å²) in [6, 6.07) is 5.26. The minimum Gasteiger partial charge on any atom is -0.445 e. The van der Waals surface area contributed by atoms with Crippen molar-refractivity contribution in [3.8, 4) is 10.4 Å². The molecule has 2 aliphatic carbocycles. The van der Waals surface area contributed by atoms with Crippen LogP contribution in [0.5, 0.6) is 0 Å². The molecule has 37 heavy (non-hydrogen) atoms. The number of imidazole rings is 1. The number of carbonyl (C=O) groups is 1. The van der Waals surface area contributed by atoms with Crippen molar-refractivity contribution in [1.82, 2.24) is 19.7 Å². The number of nitrogens with one attached hydrogen (secondary N) is 3. The first-order valence-electron chi connectivity index (χ1n) is 12.5. The van der Waals surface area contributed by atoms with Crippen LogP contribution in [0.3, 0.4) is 0 Å². The van der Waals surface area contributed by atoms with Gasteiger partial charge in [0.25, 0.3) is 0 Å². The Kier molecular flexibility index (Phi) is 7.68. The molecular weight excluding hydrogens is 512 g/mol. The van der Waals surface area contributed by atoms with Crippen LogP contribution >= 0.6 is 11.3 Å². The molecule has 1 aromatic carbocycles. The van der Waals surface area contributed by atoms with Crippen molar-refractivity contribution in [1.29, 1.82) is 0 Å². The molecule has 0 atom stereocenters. The van der Waals surface area contributed by atoms with Crippen molar-refractivity contribution in [2.75, 3.05) is 11.9 Å². The molecule has 0 bridgehead atoms. The molecule has 5 rings (SSSR count). The summed E-state index contributed by atoms with van der Waals surface area (Å²) in [5.41, 5.74) is 1.23. The monoisotopic (exact) mass is 542 g/mol. The molecule has 12 heteroatoms. The topological polar surface area (TPSA) is 138 Å². The fourth-order valence-electron chi connectivity index (χ4n) is 4.41. The van der Waals surface area contributed by atoms with Gasteiger partial charge in [-0.2, -0.15) is 4.99 Å². The van der Waals surface area contributed by atoms with Crippen LogP contribution in [-0.2, 0) is 14.8 Å². The highest BCUT2D eigenvalue weighted by Crippen LogP contribution is 2.41. The van der Waals surface area contributed by atoms with Gasteiger partial charge in [0.15, 0.2) is 0 Å². The maximum atomic E-state index is 13.1. The van der Waals surface area contributed by atoms with Gasteiger partial charge in [-0.15, -0.1) is 11.3 Å². The number of aromatic nitrogens is 3. The third kappa shape index (κ3) is 6.43. The lowest BCUT2D eigenvalue weighted by Gasteiger charge is -2.24. The Bertz CT molecular complexity index is 1360. The molecule has 2 saturated carbocycles. The van der Waals surface area contributed by atoms with Gasteiger partial charge in [-0.1, -0.05) is 13.0 Å². The predicted molar refractivity (Wildman–Crippen MR) is 143 cm³/mol. The van der Waals surface area contributed by atoms with Gasteiger partial charge in [0, 0.05) is 48.5 Å². The van der Waals surface area contributed by atoms with Crippen molar-refractivity contribution in [2.45, 2.75) is 62.4 Å². The summed E-state index contributed by atoms with van der Waals surface area (Å²) in [6.07, 6.45) is 12.0. The minimum atomic E-state index is -3.72. The minimum absolute atomic E-state index is 0.0659. The number of carbonyl (C=O) groups excluding carboxylic acids is 1. The first-order valence-corrected chi connectivity index (χ1v) is 14.8. The van der Waals surface area contributed by atoms with Crippen LogP contribution in [0.4, 0.5) is 16.4 Å². The number of benzene rings is 1. The second-order valence-electron chi connectivity index (χ2n) is 9.31. The maximum absolute atomic E-state index is 13.1. The fraction of sp³-hybridized carbons (Fsp3) is 0.440. The highest BCUT2D eigenvalue weighted by Gasteiger charge is 2.27. The van der Waals surface area contributed by atoms with Crippen molar-refractivity contribution in [3.63, 3.8) is 0 Å². The summed E-state index contributed by atoms with van der Waals surface area (Å²) < 4.78 is 33.9. The number of thiazole rings is 1. The number of anilines is 2. The molecule has 10 nitrogen and oxygen atoms in total. The Morgan fingerprint density at radius 3 is 2.73 bits per heavy atom. The number of H-pyrrole nitrogens is 1. The lowest BCUT2D eigenvalue weighted by molar-refractivity contribution is 0.150. The normalized spacial score (nSPS) is 20.2. The maximum Gasteiger partial charge on any atom is 0.433 e. The Labute approximate surface area is 220 Å². The van der Waals surface area contributed by atoms with E-state index in [0.717, 1.165) is 48.4 Å². The fourth-order valence-corrected chi connectivity index (χ4v) is 6.88. The van der Waals surface area contributed by atoms with Crippen LogP contribution in [0.1, 0.15) is 56.4 Å². The first-order chi connectivity index (χ1) is 17.9. The van der Waals surface area contributed by atoms with E-state index < -0.39 is 16.1 Å². The van der Waals surface area contributed by atoms with E-state index in [-0.39, 0.29) is 23.5 Å². The summed E-state index contributed by atoms with van der Waals surface area (Å²) in [6.45, 7) is 2.04. The number of amides is 1. The molecule has 0 unspecified atom stereocenters. The number of aromatic amines is 1. The van der Waals surface area contributed by atoms with Crippen molar-refractivity contribution < 1.29 is 17.9 Å². The van der Waals surface area contributed by atoms with Gasteiger partial charge in [0.2, 0.25) is 16.0 Å². The molecule has 3 aromatic rings. The van der Waals surface area contributed by atoms with E-state index >= 15 is 0 Å². The zero-order chi connectivity index (χ0) is 25.8. The molecule has 3 N–H and O–H groups in total. The number of sulfonamides is 1. The van der Waals surface area contributed by atoms with Gasteiger partial charge >= 0.3 is 6.09 Å². The number of aliphatic imine (C=N–C) groups is 1. The third-order valence-corrected chi connectivity index (χ3v) is 9.24. The number of nitrogens with zero attached hydrogens (tertiary/aromatic N) is 3. The lowest BCUT2D eigenvalue weighted by Crippen LogP contribution is -2.23. The second-order valence-corrected chi connectivity index (χ2v) is 12.1. The van der Waals surface area contributed by atoms with Gasteiger partial charge in [-0.25, -0.2) is 27.9 Å². The van der Waals surface area contributed by atoms with Crippen LogP contribution in [0.15, 0.2) is 46.7 Å². The van der Waals surface area contributed by atoms with E-state index in [4.69, 9.17) is 4.74 Å². The molecule has 0 saturated heterocycles. The quantitative estimate of drug-likeness (QED) is 0.315. The van der Waals surface area contributed by atoms with E-state index in [0.29, 0.717) is 23.1 Å². The predicted octanol–water partition coefficient (Wildman–Crippen LogP) is 5.22. The van der Waals surface area contributed by atoms with Crippen molar-refractivity contribution >= 4 is 45.3 Å². The second kappa shape index (κ2) is 11.1. The van der Waals surface area contributed by atoms with Crippen molar-refractivity contribution in [2.24, 2.45) is 10.9 Å². The molecular formula is C25H30N6O4S2. The molecule has 2 aliphatic rings. The van der Waals surface area contributed by atoms with Gasteiger partial charge in [0.05, 0.1) is 14.8 Å². The summed E-state index contributed by atoms with van der Waals surface area (Å²) in [5, 5.41) is 4.10. The van der Waals surface area contributed by atoms with Crippen molar-refractivity contribution in [3.05, 3.63) is 41.8 Å². The molecule has 2 aromatic heterocycles. The lowest BCUT2D eigenvalue weighted by atomic mass is 9.83. The summed E-state index contributed by atoms with van der Waals surface area (Å²) in [4.78, 5) is 28.5. The van der Waals surface area contributed by atoms with E-state index in [2.05, 4.69) is 30.0 Å². The Balaban J connectivity index is 1.30. The van der Waals surface area contributed by atoms with Crippen LogP contribution in [-0.4, -0.2) is 48.3 Å². The number of ether oxygens (including phenoxy) is 1. The number of hydrogen-bond acceptors (Lipinski definition) is 8. The summed E-state index contributed by atoms with van der Waals surface area (Å²) in [7, 11) is -3.72. The smallest absolute Gasteiger partial charge is 0.433 e. The Hall–Kier alpha value is -3.09. The summed E-state index contributed by atoms with van der Waals surface area (Å²) in [5.74, 6) is 1.09. The van der Waals surface area contributed by atoms with E-state index in [1.807, 2.05) is 6.07 Å². The number of hydrogen-bond donors (Lipinski definition) is 3. The first kappa shape index (κ1) is 25.6. The average molecular weight is 543 g/mol. The molecule has 0 spiro atoms. The average Bonchev–Trinajstić information content (AvgIpc) is 3.32. The van der Waals surface area contributed by atoms with Gasteiger partial charge < -0.3 is 15.0 Å². The van der Waals surface area contributed by atoms with Crippen LogP contribution in [0.2, 0.25) is 0 Å². The molecule has 1 amide bonds. The number of rotatable bonds is 9. The standard InChI is InChI=1S/C25H30N6O4S2/c1-2-30-37(33,34)22-13-18(31-24-26-11-12-27-24)7-10-20(22)21-15-28-23(36-21)17-5-3-16(4-6-17)14-29-25(32)35-19-8-9-19/h7,10-17,19,30H,2-6,8-9H2,1H3,(H2,26,27,31)/b29-14-. The molecule has 2 fully saturated rings. The third-order valence-electron chi connectivity index (χ3n) is 6.46. The van der Waals surface area contributed by atoms with Crippen LogP contribution in [0, 0.1) is 5.92 Å². The zero-order valence-corrected chi connectivity index (χ0v) is 22.1. The van der Waals surface area contributed by atoms with E-state index in [9.17, 15) is 13.2 Å². The molecule has 0 radical (unpaired) electrons. The highest BCUT2D eigenvalue weighted by molar-refractivity contribution is 7.89. The zero-order valence-electron chi connectivity index (χ0n) is 20.5. The molecule has 196 valence electrons. The Morgan fingerprint density at radius 2 is 2.03 bits per heavy atom. The summed E-state index contributed by atoms with van der Waals surface area (Å²) >= 11 is 1.54. The largest absolute Gasteiger partial charge is 0.445 e. The van der Waals surface area contributed by atoms with Crippen LogP contribution < -0.4 is 10.0 Å². The van der Waals surface area contributed by atoms with Gasteiger partial charge in [0.1, 0.15) is 6.10 Å². The molecule has 2 heterocycles. The Morgan fingerprint density at radius 1 is 1.22 bits per heavy atom. The van der Waals surface area contributed by atoms with E-state index in [1.54, 1.807) is 43.9 Å². The molecule has 0 aliphatic heterocycles. The highest BCUT2D eigenvalue weighted by atomic mass is 32.2. The van der Waals surface area contributed by atoms with Gasteiger partial charge in [-0.3, -0.25) is 0 Å². The van der Waals surface area contributed by atoms with E-state index in [1.165, 1.54) is 11.3 Å².